The van der Waals surface area contributed by atoms with Gasteiger partial charge in [0, 0.05) is 13.1 Å². The van der Waals surface area contributed by atoms with E-state index in [1.54, 1.807) is 7.11 Å². The van der Waals surface area contributed by atoms with E-state index >= 15 is 0 Å². The Morgan fingerprint density at radius 2 is 1.88 bits per heavy atom. The molecule has 0 spiro atoms. The third-order valence-electron chi connectivity index (χ3n) is 3.64. The summed E-state index contributed by atoms with van der Waals surface area (Å²) >= 11 is 0. The average molecular weight is 356 g/mol. The van der Waals surface area contributed by atoms with Gasteiger partial charge >= 0.3 is 0 Å². The number of hydrogen-bond acceptors (Lipinski definition) is 4. The number of rotatable bonds is 10. The molecule has 0 aliphatic heterocycles. The summed E-state index contributed by atoms with van der Waals surface area (Å²) in [7, 11) is -1.84. The van der Waals surface area contributed by atoms with Crippen molar-refractivity contribution in [3.05, 3.63) is 29.8 Å². The third kappa shape index (κ3) is 7.79. The smallest absolute Gasteiger partial charge is 0.235 e. The van der Waals surface area contributed by atoms with E-state index in [0.717, 1.165) is 24.0 Å². The van der Waals surface area contributed by atoms with Crippen molar-refractivity contribution in [1.82, 2.24) is 9.62 Å². The van der Waals surface area contributed by atoms with Gasteiger partial charge in [0.1, 0.15) is 5.75 Å². The first-order chi connectivity index (χ1) is 11.2. The number of methoxy groups -OCH3 is 1. The summed E-state index contributed by atoms with van der Waals surface area (Å²) in [4.78, 5) is 11.9. The Bertz CT molecular complexity index is 612. The van der Waals surface area contributed by atoms with E-state index in [-0.39, 0.29) is 19.0 Å². The number of carbonyl (C=O) groups is 1. The zero-order valence-electron chi connectivity index (χ0n) is 14.9. The van der Waals surface area contributed by atoms with Crippen LogP contribution in [0.15, 0.2) is 24.3 Å². The Morgan fingerprint density at radius 3 is 2.38 bits per heavy atom. The molecule has 0 saturated carbocycles. The SMILES string of the molecule is COc1ccc(CCN(CC(=O)NCCC(C)C)S(C)(=O)=O)cc1. The van der Waals surface area contributed by atoms with Crippen LogP contribution in [0, 0.1) is 5.92 Å². The van der Waals surface area contributed by atoms with Gasteiger partial charge in [-0.05, 0) is 36.5 Å². The first-order valence-corrected chi connectivity index (χ1v) is 9.92. The van der Waals surface area contributed by atoms with E-state index < -0.39 is 10.0 Å². The molecule has 7 heteroatoms. The fourth-order valence-electron chi connectivity index (χ4n) is 2.12. The minimum absolute atomic E-state index is 0.146. The zero-order valence-corrected chi connectivity index (χ0v) is 15.7. The van der Waals surface area contributed by atoms with Crippen LogP contribution in [0.4, 0.5) is 0 Å². The Balaban J connectivity index is 2.57. The first-order valence-electron chi connectivity index (χ1n) is 8.07. The Kier molecular flexibility index (Phi) is 8.21. The normalized spacial score (nSPS) is 11.8. The number of sulfonamides is 1. The summed E-state index contributed by atoms with van der Waals surface area (Å²) in [5.74, 6) is 0.977. The van der Waals surface area contributed by atoms with E-state index in [0.29, 0.717) is 18.9 Å². The minimum Gasteiger partial charge on any atom is -0.497 e. The predicted octanol–water partition coefficient (Wildman–Crippen LogP) is 1.66. The van der Waals surface area contributed by atoms with Crippen LogP contribution in [0.25, 0.3) is 0 Å². The van der Waals surface area contributed by atoms with Crippen LogP contribution >= 0.6 is 0 Å². The summed E-state index contributed by atoms with van der Waals surface area (Å²) in [6.45, 7) is 4.83. The predicted molar refractivity (Wildman–Crippen MR) is 95.6 cm³/mol. The van der Waals surface area contributed by atoms with Crippen molar-refractivity contribution >= 4 is 15.9 Å². The number of benzene rings is 1. The van der Waals surface area contributed by atoms with E-state index in [9.17, 15) is 13.2 Å². The van der Waals surface area contributed by atoms with E-state index in [1.807, 2.05) is 24.3 Å². The van der Waals surface area contributed by atoms with E-state index in [2.05, 4.69) is 19.2 Å². The molecule has 0 saturated heterocycles. The molecule has 24 heavy (non-hydrogen) atoms. The van der Waals surface area contributed by atoms with Crippen molar-refractivity contribution in [3.63, 3.8) is 0 Å². The Hall–Kier alpha value is -1.60. The molecule has 1 N–H and O–H groups in total. The summed E-state index contributed by atoms with van der Waals surface area (Å²) in [6.07, 6.45) is 2.54. The average Bonchev–Trinajstić information content (AvgIpc) is 2.50. The molecule has 1 amide bonds. The van der Waals surface area contributed by atoms with Crippen molar-refractivity contribution in [2.75, 3.05) is 33.0 Å². The van der Waals surface area contributed by atoms with Crippen LogP contribution in [0.3, 0.4) is 0 Å². The van der Waals surface area contributed by atoms with Crippen molar-refractivity contribution in [3.8, 4) is 5.75 Å². The lowest BCUT2D eigenvalue weighted by Crippen LogP contribution is -2.41. The molecule has 136 valence electrons. The number of nitrogens with one attached hydrogen (secondary N) is 1. The number of carbonyl (C=O) groups excluding carboxylic acids is 1. The van der Waals surface area contributed by atoms with Gasteiger partial charge in [0.25, 0.3) is 0 Å². The molecule has 0 heterocycles. The number of amides is 1. The van der Waals surface area contributed by atoms with Crippen LogP contribution in [-0.4, -0.2) is 51.6 Å². The summed E-state index contributed by atoms with van der Waals surface area (Å²) in [5, 5.41) is 2.77. The number of ether oxygens (including phenoxy) is 1. The lowest BCUT2D eigenvalue weighted by Gasteiger charge is -2.19. The second kappa shape index (κ2) is 9.64. The van der Waals surface area contributed by atoms with Crippen LogP contribution in [0.2, 0.25) is 0 Å². The molecule has 0 aliphatic rings. The minimum atomic E-state index is -3.44. The van der Waals surface area contributed by atoms with Gasteiger partial charge in [-0.3, -0.25) is 4.79 Å². The van der Waals surface area contributed by atoms with E-state index in [4.69, 9.17) is 4.74 Å². The molecule has 0 unspecified atom stereocenters. The highest BCUT2D eigenvalue weighted by atomic mass is 32.2. The maximum absolute atomic E-state index is 11.9. The van der Waals surface area contributed by atoms with E-state index in [1.165, 1.54) is 4.31 Å². The van der Waals surface area contributed by atoms with Crippen molar-refractivity contribution in [2.24, 2.45) is 5.92 Å². The van der Waals surface area contributed by atoms with Gasteiger partial charge in [-0.25, -0.2) is 8.42 Å². The standard InChI is InChI=1S/C17H28N2O4S/c1-14(2)9-11-18-17(20)13-19(24(4,21)22)12-10-15-5-7-16(23-3)8-6-15/h5-8,14H,9-13H2,1-4H3,(H,18,20). The molecule has 0 aromatic heterocycles. The van der Waals surface area contributed by atoms with Gasteiger partial charge in [-0.2, -0.15) is 4.31 Å². The summed E-state index contributed by atoms with van der Waals surface area (Å²) < 4.78 is 30.1. The summed E-state index contributed by atoms with van der Waals surface area (Å²) in [5.41, 5.74) is 0.990. The highest BCUT2D eigenvalue weighted by Crippen LogP contribution is 2.12. The highest BCUT2D eigenvalue weighted by Gasteiger charge is 2.19. The molecular weight excluding hydrogens is 328 g/mol. The van der Waals surface area contributed by atoms with Gasteiger partial charge in [-0.1, -0.05) is 26.0 Å². The topological polar surface area (TPSA) is 75.7 Å². The fraction of sp³-hybridized carbons (Fsp3) is 0.588. The largest absolute Gasteiger partial charge is 0.497 e. The van der Waals surface area contributed by atoms with Gasteiger partial charge in [0.15, 0.2) is 0 Å². The number of hydrogen-bond donors (Lipinski definition) is 1. The molecular formula is C17H28N2O4S. The van der Waals surface area contributed by atoms with Crippen LogP contribution < -0.4 is 10.1 Å². The van der Waals surface area contributed by atoms with Crippen LogP contribution in [0.5, 0.6) is 5.75 Å². The van der Waals surface area contributed by atoms with Gasteiger partial charge in [0.05, 0.1) is 19.9 Å². The van der Waals surface area contributed by atoms with Gasteiger partial charge in [0.2, 0.25) is 15.9 Å². The molecule has 0 fully saturated rings. The molecule has 0 aliphatic carbocycles. The lowest BCUT2D eigenvalue weighted by atomic mass is 10.1. The van der Waals surface area contributed by atoms with Crippen molar-refractivity contribution in [1.29, 1.82) is 0 Å². The maximum atomic E-state index is 11.9. The van der Waals surface area contributed by atoms with Crippen LogP contribution in [-0.2, 0) is 21.2 Å². The highest BCUT2D eigenvalue weighted by molar-refractivity contribution is 7.88. The molecule has 0 radical (unpaired) electrons. The van der Waals surface area contributed by atoms with Crippen molar-refractivity contribution < 1.29 is 17.9 Å². The quantitative estimate of drug-likeness (QED) is 0.692. The number of nitrogens with zero attached hydrogens (tertiary/aromatic N) is 1. The van der Waals surface area contributed by atoms with Crippen LogP contribution in [0.1, 0.15) is 25.8 Å². The first kappa shape index (κ1) is 20.4. The molecule has 6 nitrogen and oxygen atoms in total. The fourth-order valence-corrected chi connectivity index (χ4v) is 2.90. The molecule has 1 aromatic carbocycles. The zero-order chi connectivity index (χ0) is 18.2. The van der Waals surface area contributed by atoms with Gasteiger partial charge < -0.3 is 10.1 Å². The lowest BCUT2D eigenvalue weighted by molar-refractivity contribution is -0.121. The molecule has 1 aromatic rings. The third-order valence-corrected chi connectivity index (χ3v) is 4.89. The Morgan fingerprint density at radius 1 is 1.25 bits per heavy atom. The van der Waals surface area contributed by atoms with Crippen molar-refractivity contribution in [2.45, 2.75) is 26.7 Å². The monoisotopic (exact) mass is 356 g/mol. The maximum Gasteiger partial charge on any atom is 0.235 e. The summed E-state index contributed by atoms with van der Waals surface area (Å²) in [6, 6.07) is 7.45. The van der Waals surface area contributed by atoms with Gasteiger partial charge in [-0.15, -0.1) is 0 Å². The molecule has 0 atom stereocenters. The Labute approximate surface area is 145 Å². The second-order valence-corrected chi connectivity index (χ2v) is 8.21. The molecule has 1 rings (SSSR count). The second-order valence-electron chi connectivity index (χ2n) is 6.23. The molecule has 0 bridgehead atoms.